The lowest BCUT2D eigenvalue weighted by Gasteiger charge is -2.26. The lowest BCUT2D eigenvalue weighted by molar-refractivity contribution is 0.120. The Kier molecular flexibility index (Phi) is 8.27. The van der Waals surface area contributed by atoms with E-state index >= 15 is 0 Å². The molecule has 0 saturated carbocycles. The Hall–Kier alpha value is -1.75. The summed E-state index contributed by atoms with van der Waals surface area (Å²) in [6.45, 7) is 12.8. The fourth-order valence-electron chi connectivity index (χ4n) is 1.80. The zero-order valence-electron chi connectivity index (χ0n) is 15.7. The Morgan fingerprint density at radius 1 is 0.917 bits per heavy atom. The molecule has 1 aromatic rings. The van der Waals surface area contributed by atoms with Gasteiger partial charge in [0.2, 0.25) is 0 Å². The molecule has 0 radical (unpaired) electrons. The van der Waals surface area contributed by atoms with Gasteiger partial charge in [-0.05, 0) is 22.5 Å². The molecule has 0 bridgehead atoms. The molecule has 0 saturated heterocycles. The molecule has 0 atom stereocenters. The van der Waals surface area contributed by atoms with Crippen molar-refractivity contribution in [1.29, 1.82) is 0 Å². The maximum atomic E-state index is 11.3. The molecule has 24 heavy (non-hydrogen) atoms. The van der Waals surface area contributed by atoms with E-state index in [4.69, 9.17) is 4.74 Å². The van der Waals surface area contributed by atoms with Crippen molar-refractivity contribution in [3.8, 4) is 5.75 Å². The van der Waals surface area contributed by atoms with Crippen molar-refractivity contribution in [3.05, 3.63) is 29.3 Å². The normalized spacial score (nSPS) is 11.0. The van der Waals surface area contributed by atoms with E-state index in [-0.39, 0.29) is 10.8 Å². The topological polar surface area (TPSA) is 61.8 Å². The van der Waals surface area contributed by atoms with Crippen molar-refractivity contribution >= 4 is 23.2 Å². The van der Waals surface area contributed by atoms with Gasteiger partial charge in [-0.1, -0.05) is 53.7 Å². The number of hydrogen-bond donors (Lipinski definition) is 0. The number of ether oxygens (including phenoxy) is 3. The Balaban J connectivity index is 0.000000922. The van der Waals surface area contributed by atoms with E-state index in [2.05, 4.69) is 68.7 Å². The minimum absolute atomic E-state index is 0.0593. The van der Waals surface area contributed by atoms with E-state index in [1.54, 1.807) is 0 Å². The van der Waals surface area contributed by atoms with Gasteiger partial charge in [0.15, 0.2) is 0 Å². The van der Waals surface area contributed by atoms with Crippen LogP contribution in [0.5, 0.6) is 5.75 Å². The molecule has 136 valence electrons. The van der Waals surface area contributed by atoms with Crippen LogP contribution in [-0.2, 0) is 20.3 Å². The average Bonchev–Trinajstić information content (AvgIpc) is 2.45. The van der Waals surface area contributed by atoms with E-state index in [1.165, 1.54) is 19.8 Å². The van der Waals surface area contributed by atoms with Gasteiger partial charge in [0.05, 0.1) is 14.2 Å². The van der Waals surface area contributed by atoms with Gasteiger partial charge in [0.25, 0.3) is 0 Å². The summed E-state index contributed by atoms with van der Waals surface area (Å²) in [6, 6.07) is 5.95. The maximum Gasteiger partial charge on any atom is 0.513 e. The summed E-state index contributed by atoms with van der Waals surface area (Å²) < 4.78 is 13.7. The molecular weight excluding hydrogens is 332 g/mol. The molecule has 6 heteroatoms. The first-order valence-electron chi connectivity index (χ1n) is 7.47. The molecule has 0 heterocycles. The number of carbonyl (C=O) groups excluding carboxylic acids is 2. The van der Waals surface area contributed by atoms with Gasteiger partial charge >= 0.3 is 11.6 Å². The van der Waals surface area contributed by atoms with E-state index in [9.17, 15) is 9.59 Å². The Morgan fingerprint density at radius 2 is 1.42 bits per heavy atom. The maximum absolute atomic E-state index is 11.3. The summed E-state index contributed by atoms with van der Waals surface area (Å²) in [5.74, 6) is 0.562. The molecule has 1 aromatic carbocycles. The highest BCUT2D eigenvalue weighted by atomic mass is 35.5. The smallest absolute Gasteiger partial charge is 0.457 e. The molecule has 1 rings (SSSR count). The van der Waals surface area contributed by atoms with Crippen LogP contribution in [0, 0.1) is 0 Å². The highest BCUT2D eigenvalue weighted by molar-refractivity contribution is 6.61. The fraction of sp³-hybridized carbons (Fsp3) is 0.556. The first-order valence-corrected chi connectivity index (χ1v) is 7.85. The monoisotopic (exact) mass is 358 g/mol. The van der Waals surface area contributed by atoms with E-state index in [1.807, 2.05) is 12.1 Å². The lowest BCUT2D eigenvalue weighted by atomic mass is 9.80. The first-order chi connectivity index (χ1) is 10.8. The summed E-state index contributed by atoms with van der Waals surface area (Å²) in [5.41, 5.74) is 1.40. The highest BCUT2D eigenvalue weighted by Crippen LogP contribution is 2.35. The van der Waals surface area contributed by atoms with Crippen LogP contribution < -0.4 is 4.74 Å². The predicted molar refractivity (Wildman–Crippen MR) is 95.1 cm³/mol. The molecule has 0 amide bonds. The van der Waals surface area contributed by atoms with Gasteiger partial charge in [-0.15, -0.1) is 0 Å². The zero-order chi connectivity index (χ0) is 19.1. The summed E-state index contributed by atoms with van der Waals surface area (Å²) in [6.07, 6.45) is -0.686. The van der Waals surface area contributed by atoms with Crippen LogP contribution in [-0.4, -0.2) is 25.8 Å². The third-order valence-corrected chi connectivity index (χ3v) is 3.33. The largest absolute Gasteiger partial charge is 0.513 e. The molecule has 5 nitrogen and oxygen atoms in total. The third kappa shape index (κ3) is 7.68. The molecule has 0 aliphatic carbocycles. The van der Waals surface area contributed by atoms with Crippen LogP contribution >= 0.6 is 11.6 Å². The second kappa shape index (κ2) is 8.92. The van der Waals surface area contributed by atoms with Crippen molar-refractivity contribution in [2.75, 3.05) is 14.2 Å². The second-order valence-electron chi connectivity index (χ2n) is 7.21. The third-order valence-electron chi connectivity index (χ3n) is 3.17. The van der Waals surface area contributed by atoms with Crippen molar-refractivity contribution in [1.82, 2.24) is 0 Å². The zero-order valence-corrected chi connectivity index (χ0v) is 16.4. The van der Waals surface area contributed by atoms with Crippen LogP contribution in [0.15, 0.2) is 18.2 Å². The minimum atomic E-state index is -0.773. The SMILES string of the molecule is COC(=O)Cl.COC(=O)Oc1ccc(C(C)(C)C)cc1C(C)(C)C. The summed E-state index contributed by atoms with van der Waals surface area (Å²) in [7, 11) is 2.53. The Labute approximate surface area is 149 Å². The average molecular weight is 359 g/mol. The number of rotatable bonds is 1. The number of benzene rings is 1. The fourth-order valence-corrected chi connectivity index (χ4v) is 1.80. The van der Waals surface area contributed by atoms with Crippen LogP contribution in [0.1, 0.15) is 52.7 Å². The van der Waals surface area contributed by atoms with Crippen molar-refractivity contribution in [2.24, 2.45) is 0 Å². The molecular formula is C18H27ClO5. The van der Waals surface area contributed by atoms with Gasteiger partial charge in [-0.2, -0.15) is 0 Å². The molecule has 0 N–H and O–H groups in total. The molecule has 0 unspecified atom stereocenters. The highest BCUT2D eigenvalue weighted by Gasteiger charge is 2.24. The van der Waals surface area contributed by atoms with E-state index in [0.29, 0.717) is 5.75 Å². The van der Waals surface area contributed by atoms with Crippen LogP contribution in [0.25, 0.3) is 0 Å². The number of hydrogen-bond acceptors (Lipinski definition) is 5. The van der Waals surface area contributed by atoms with Gasteiger partial charge in [0, 0.05) is 17.2 Å². The first kappa shape index (κ1) is 22.2. The molecule has 0 aliphatic heterocycles. The predicted octanol–water partition coefficient (Wildman–Crippen LogP) is 5.42. The molecule has 0 fully saturated rings. The standard InChI is InChI=1S/C16H24O3.C2H3ClO2/c1-15(2,3)11-8-9-13(19-14(17)18-7)12(10-11)16(4,5)6;1-5-2(3)4/h8-10H,1-7H3;1H3. The van der Waals surface area contributed by atoms with Crippen molar-refractivity contribution < 1.29 is 23.8 Å². The quantitative estimate of drug-likeness (QED) is 0.381. The lowest BCUT2D eigenvalue weighted by Crippen LogP contribution is -2.19. The van der Waals surface area contributed by atoms with Gasteiger partial charge in [-0.3, -0.25) is 0 Å². The number of methoxy groups -OCH3 is 2. The van der Waals surface area contributed by atoms with Crippen LogP contribution in [0.4, 0.5) is 9.59 Å². The van der Waals surface area contributed by atoms with Gasteiger partial charge < -0.3 is 14.2 Å². The van der Waals surface area contributed by atoms with E-state index in [0.717, 1.165) is 5.56 Å². The summed E-state index contributed by atoms with van der Waals surface area (Å²) in [5, 5.41) is 0. The summed E-state index contributed by atoms with van der Waals surface area (Å²) >= 11 is 4.60. The Morgan fingerprint density at radius 3 is 1.75 bits per heavy atom. The molecule has 0 aromatic heterocycles. The van der Waals surface area contributed by atoms with Crippen molar-refractivity contribution in [3.63, 3.8) is 0 Å². The number of carbonyl (C=O) groups is 2. The van der Waals surface area contributed by atoms with Crippen molar-refractivity contribution in [2.45, 2.75) is 52.4 Å². The Bertz CT molecular complexity index is 568. The summed E-state index contributed by atoms with van der Waals surface area (Å²) in [4.78, 5) is 20.7. The minimum Gasteiger partial charge on any atom is -0.457 e. The van der Waals surface area contributed by atoms with Gasteiger partial charge in [0.1, 0.15) is 5.75 Å². The molecule has 0 aliphatic rings. The molecule has 0 spiro atoms. The van der Waals surface area contributed by atoms with Crippen LogP contribution in [0.2, 0.25) is 0 Å². The van der Waals surface area contributed by atoms with Crippen LogP contribution in [0.3, 0.4) is 0 Å². The van der Waals surface area contributed by atoms with E-state index < -0.39 is 11.6 Å². The second-order valence-corrected chi connectivity index (χ2v) is 7.52. The van der Waals surface area contributed by atoms with Gasteiger partial charge in [-0.25, -0.2) is 9.59 Å². The number of halogens is 1.